The van der Waals surface area contributed by atoms with Gasteiger partial charge in [0.1, 0.15) is 24.0 Å². The molecule has 4 heterocycles. The Balaban J connectivity index is 1.28. The van der Waals surface area contributed by atoms with E-state index >= 15 is 0 Å². The maximum absolute atomic E-state index is 13.3. The minimum absolute atomic E-state index is 0.0682. The molecule has 1 aliphatic heterocycles. The van der Waals surface area contributed by atoms with Gasteiger partial charge < -0.3 is 20.4 Å². The average molecular weight is 558 g/mol. The van der Waals surface area contributed by atoms with Gasteiger partial charge in [-0.2, -0.15) is 0 Å². The minimum Gasteiger partial charge on any atom is -0.363 e. The fourth-order valence-electron chi connectivity index (χ4n) is 4.37. The van der Waals surface area contributed by atoms with Crippen LogP contribution in [0.5, 0.6) is 0 Å². The number of aromatic nitrogens is 5. The summed E-state index contributed by atoms with van der Waals surface area (Å²) in [6, 6.07) is 12.5. The normalized spacial score (nSPS) is 13.1. The average Bonchev–Trinajstić information content (AvgIpc) is 3.23. The molecule has 1 unspecified atom stereocenters. The zero-order valence-corrected chi connectivity index (χ0v) is 23.3. The summed E-state index contributed by atoms with van der Waals surface area (Å²) in [5.41, 5.74) is 3.21. The molecule has 1 atom stereocenters. The SMILES string of the molecule is Cc1nccc(Nc2ncc(Cl)c(-c3ccc4c(c3)C(=O)N(CC(=O)NC(C)c3cccc(N(C)C)n3)C4)n2)n1. The smallest absolute Gasteiger partial charge is 0.254 e. The predicted octanol–water partition coefficient (Wildman–Crippen LogP) is 3.93. The van der Waals surface area contributed by atoms with E-state index in [1.807, 2.05) is 56.3 Å². The van der Waals surface area contributed by atoms with Crippen LogP contribution in [0.25, 0.3) is 11.3 Å². The molecule has 2 N–H and O–H groups in total. The number of hydrogen-bond acceptors (Lipinski definition) is 9. The van der Waals surface area contributed by atoms with E-state index < -0.39 is 0 Å². The fraction of sp³-hybridized carbons (Fsp3) is 0.250. The van der Waals surface area contributed by atoms with Crippen molar-refractivity contribution in [2.75, 3.05) is 30.9 Å². The lowest BCUT2D eigenvalue weighted by Crippen LogP contribution is -2.38. The lowest BCUT2D eigenvalue weighted by atomic mass is 10.0. The summed E-state index contributed by atoms with van der Waals surface area (Å²) in [6.45, 7) is 3.92. The molecule has 5 rings (SSSR count). The van der Waals surface area contributed by atoms with E-state index in [1.54, 1.807) is 25.3 Å². The highest BCUT2D eigenvalue weighted by Gasteiger charge is 2.30. The molecule has 11 nitrogen and oxygen atoms in total. The van der Waals surface area contributed by atoms with Gasteiger partial charge in [0.2, 0.25) is 11.9 Å². The molecule has 1 aliphatic rings. The topological polar surface area (TPSA) is 129 Å². The molecule has 4 aromatic rings. The first-order valence-electron chi connectivity index (χ1n) is 12.6. The third-order valence-corrected chi connectivity index (χ3v) is 6.67. The molecule has 0 saturated carbocycles. The molecule has 0 bridgehead atoms. The third kappa shape index (κ3) is 5.84. The van der Waals surface area contributed by atoms with Gasteiger partial charge in [-0.1, -0.05) is 29.8 Å². The number of nitrogens with one attached hydrogen (secondary N) is 2. The lowest BCUT2D eigenvalue weighted by molar-refractivity contribution is -0.122. The van der Waals surface area contributed by atoms with Crippen molar-refractivity contribution < 1.29 is 9.59 Å². The monoisotopic (exact) mass is 557 g/mol. The summed E-state index contributed by atoms with van der Waals surface area (Å²) in [7, 11) is 3.82. The van der Waals surface area contributed by atoms with Crippen molar-refractivity contribution in [3.63, 3.8) is 0 Å². The third-order valence-electron chi connectivity index (χ3n) is 6.39. The molecule has 40 heavy (non-hydrogen) atoms. The number of anilines is 3. The molecule has 12 heteroatoms. The number of amides is 2. The van der Waals surface area contributed by atoms with E-state index in [4.69, 9.17) is 11.6 Å². The van der Waals surface area contributed by atoms with Gasteiger partial charge >= 0.3 is 0 Å². The molecular weight excluding hydrogens is 530 g/mol. The van der Waals surface area contributed by atoms with Crippen LogP contribution < -0.4 is 15.5 Å². The molecule has 0 aliphatic carbocycles. The Morgan fingerprint density at radius 2 is 1.95 bits per heavy atom. The number of carbonyl (C=O) groups excluding carboxylic acids is 2. The quantitative estimate of drug-likeness (QED) is 0.331. The van der Waals surface area contributed by atoms with E-state index in [2.05, 4.69) is 35.6 Å². The first kappa shape index (κ1) is 26.9. The number of nitrogens with zero attached hydrogens (tertiary/aromatic N) is 7. The van der Waals surface area contributed by atoms with Crippen molar-refractivity contribution in [1.29, 1.82) is 0 Å². The van der Waals surface area contributed by atoms with Crippen LogP contribution in [-0.2, 0) is 11.3 Å². The molecule has 2 amide bonds. The molecule has 0 fully saturated rings. The largest absolute Gasteiger partial charge is 0.363 e. The minimum atomic E-state index is -0.312. The second-order valence-corrected chi connectivity index (χ2v) is 10.0. The number of rotatable bonds is 8. The van der Waals surface area contributed by atoms with Gasteiger partial charge in [0.25, 0.3) is 5.91 Å². The Hall–Kier alpha value is -4.64. The number of aryl methyl sites for hydroxylation is 1. The first-order chi connectivity index (χ1) is 19.2. The Kier molecular flexibility index (Phi) is 7.56. The maximum Gasteiger partial charge on any atom is 0.254 e. The van der Waals surface area contributed by atoms with Crippen molar-refractivity contribution in [1.82, 2.24) is 35.1 Å². The number of fused-ring (bicyclic) bond motifs is 1. The van der Waals surface area contributed by atoms with E-state index in [9.17, 15) is 9.59 Å². The Morgan fingerprint density at radius 3 is 2.73 bits per heavy atom. The highest BCUT2D eigenvalue weighted by molar-refractivity contribution is 6.33. The second-order valence-electron chi connectivity index (χ2n) is 9.64. The zero-order chi connectivity index (χ0) is 28.4. The lowest BCUT2D eigenvalue weighted by Gasteiger charge is -2.19. The molecule has 3 aromatic heterocycles. The van der Waals surface area contributed by atoms with Gasteiger partial charge in [-0.05, 0) is 43.7 Å². The summed E-state index contributed by atoms with van der Waals surface area (Å²) in [6.07, 6.45) is 3.13. The van der Waals surface area contributed by atoms with E-state index in [0.717, 1.165) is 17.1 Å². The van der Waals surface area contributed by atoms with Crippen LogP contribution >= 0.6 is 11.6 Å². The van der Waals surface area contributed by atoms with Crippen molar-refractivity contribution in [2.24, 2.45) is 0 Å². The van der Waals surface area contributed by atoms with Crippen LogP contribution in [0, 0.1) is 6.92 Å². The summed E-state index contributed by atoms with van der Waals surface area (Å²) in [5, 5.41) is 6.34. The van der Waals surface area contributed by atoms with Crippen LogP contribution in [0.15, 0.2) is 54.9 Å². The van der Waals surface area contributed by atoms with E-state index in [-0.39, 0.29) is 24.4 Å². The fourth-order valence-corrected chi connectivity index (χ4v) is 4.57. The zero-order valence-electron chi connectivity index (χ0n) is 22.5. The molecule has 0 saturated heterocycles. The van der Waals surface area contributed by atoms with Crippen molar-refractivity contribution in [2.45, 2.75) is 26.4 Å². The predicted molar refractivity (Wildman–Crippen MR) is 152 cm³/mol. The highest BCUT2D eigenvalue weighted by Crippen LogP contribution is 2.31. The number of carbonyl (C=O) groups is 2. The van der Waals surface area contributed by atoms with Crippen molar-refractivity contribution in [3.8, 4) is 11.3 Å². The molecule has 0 radical (unpaired) electrons. The van der Waals surface area contributed by atoms with E-state index in [0.29, 0.717) is 46.0 Å². The van der Waals surface area contributed by atoms with Crippen LogP contribution in [0.2, 0.25) is 5.02 Å². The Bertz CT molecular complexity index is 1590. The van der Waals surface area contributed by atoms with Gasteiger partial charge in [-0.15, -0.1) is 0 Å². The Morgan fingerprint density at radius 1 is 1.12 bits per heavy atom. The Labute approximate surface area is 236 Å². The van der Waals surface area contributed by atoms with Crippen LogP contribution in [0.3, 0.4) is 0 Å². The van der Waals surface area contributed by atoms with Crippen LogP contribution in [0.1, 0.15) is 40.4 Å². The first-order valence-corrected chi connectivity index (χ1v) is 13.0. The van der Waals surface area contributed by atoms with Gasteiger partial charge in [0.15, 0.2) is 0 Å². The maximum atomic E-state index is 13.3. The van der Waals surface area contributed by atoms with Crippen LogP contribution in [-0.4, -0.2) is 62.3 Å². The second kappa shape index (κ2) is 11.2. The van der Waals surface area contributed by atoms with Gasteiger partial charge in [-0.3, -0.25) is 9.59 Å². The van der Waals surface area contributed by atoms with E-state index in [1.165, 1.54) is 11.1 Å². The number of halogens is 1. The summed E-state index contributed by atoms with van der Waals surface area (Å²) in [5.74, 6) is 1.78. The summed E-state index contributed by atoms with van der Waals surface area (Å²) >= 11 is 6.44. The number of pyridine rings is 1. The van der Waals surface area contributed by atoms with Crippen LogP contribution in [0.4, 0.5) is 17.6 Å². The van der Waals surface area contributed by atoms with Crippen molar-refractivity contribution in [3.05, 3.63) is 82.5 Å². The van der Waals surface area contributed by atoms with Gasteiger partial charge in [0, 0.05) is 38.0 Å². The summed E-state index contributed by atoms with van der Waals surface area (Å²) in [4.78, 5) is 51.3. The standard InChI is InChI=1S/C28H28ClN9O2/c1-16(22-6-5-7-24(34-22)37(3)4)32-25(39)15-38-14-19-9-8-18(12-20(19)27(38)40)26-21(29)13-31-28(36-26)35-23-10-11-30-17(2)33-23/h5-13,16H,14-15H2,1-4H3,(H,32,39)(H,30,31,33,35,36). The van der Waals surface area contributed by atoms with Crippen molar-refractivity contribution >= 4 is 41.0 Å². The number of benzene rings is 1. The number of hydrogen-bond donors (Lipinski definition) is 2. The van der Waals surface area contributed by atoms with Gasteiger partial charge in [-0.25, -0.2) is 24.9 Å². The molecule has 204 valence electrons. The molecular formula is C28H28ClN9O2. The molecule has 0 spiro atoms. The highest BCUT2D eigenvalue weighted by atomic mass is 35.5. The molecule has 1 aromatic carbocycles. The van der Waals surface area contributed by atoms with Gasteiger partial charge in [0.05, 0.1) is 28.6 Å². The summed E-state index contributed by atoms with van der Waals surface area (Å²) < 4.78 is 0.